The summed E-state index contributed by atoms with van der Waals surface area (Å²) in [5, 5.41) is 2.66. The third kappa shape index (κ3) is 3.30. The minimum atomic E-state index is -3.41. The average molecular weight is 343 g/mol. The quantitative estimate of drug-likeness (QED) is 0.788. The second-order valence-electron chi connectivity index (χ2n) is 5.65. The Morgan fingerprint density at radius 2 is 1.96 bits per heavy atom. The largest absolute Gasteiger partial charge is 0.325 e. The van der Waals surface area contributed by atoms with Crippen LogP contribution < -0.4 is 5.32 Å². The Morgan fingerprint density at radius 1 is 1.21 bits per heavy atom. The molecule has 0 atom stereocenters. The molecule has 1 N–H and O–H groups in total. The summed E-state index contributed by atoms with van der Waals surface area (Å²) in [6.45, 7) is 1.95. The molecule has 2 heterocycles. The van der Waals surface area contributed by atoms with Crippen molar-refractivity contribution in [3.8, 4) is 0 Å². The maximum atomic E-state index is 12.3. The van der Waals surface area contributed by atoms with Gasteiger partial charge in [-0.3, -0.25) is 4.79 Å². The summed E-state index contributed by atoms with van der Waals surface area (Å²) < 4.78 is 25.4. The second-order valence-corrected chi connectivity index (χ2v) is 7.63. The molecule has 1 aromatic carbocycles. The number of carbonyl (C=O) groups excluding carboxylic acids is 1. The Hall–Kier alpha value is -2.67. The lowest BCUT2D eigenvalue weighted by Crippen LogP contribution is -2.16. The third-order valence-corrected chi connectivity index (χ3v) is 4.79. The van der Waals surface area contributed by atoms with Crippen LogP contribution in [0.25, 0.3) is 5.65 Å². The fourth-order valence-corrected chi connectivity index (χ4v) is 3.39. The maximum Gasteiger partial charge on any atom is 0.230 e. The SMILES string of the molecule is Cc1cccn2cc(CC(=O)Nc3ccccc3S(C)(=O)=O)nc12. The fourth-order valence-electron chi connectivity index (χ4n) is 2.54. The number of benzene rings is 1. The first-order valence-electron chi connectivity index (χ1n) is 7.37. The Labute approximate surface area is 140 Å². The number of hydrogen-bond acceptors (Lipinski definition) is 4. The number of imidazole rings is 1. The van der Waals surface area contributed by atoms with Gasteiger partial charge in [0.25, 0.3) is 0 Å². The number of fused-ring (bicyclic) bond motifs is 1. The minimum absolute atomic E-state index is 0.0687. The van der Waals surface area contributed by atoms with Crippen LogP contribution in [0.15, 0.2) is 53.7 Å². The number of rotatable bonds is 4. The van der Waals surface area contributed by atoms with E-state index in [0.717, 1.165) is 17.5 Å². The van der Waals surface area contributed by atoms with Crippen molar-refractivity contribution < 1.29 is 13.2 Å². The molecule has 0 aliphatic rings. The summed E-state index contributed by atoms with van der Waals surface area (Å²) in [5.74, 6) is -0.313. The maximum absolute atomic E-state index is 12.3. The Balaban J connectivity index is 1.82. The zero-order valence-electron chi connectivity index (χ0n) is 13.4. The lowest BCUT2D eigenvalue weighted by Gasteiger charge is -2.08. The number of carbonyl (C=O) groups is 1. The summed E-state index contributed by atoms with van der Waals surface area (Å²) in [6, 6.07) is 10.2. The number of amides is 1. The van der Waals surface area contributed by atoms with E-state index in [1.807, 2.05) is 29.7 Å². The van der Waals surface area contributed by atoms with Gasteiger partial charge in [0.2, 0.25) is 5.91 Å². The molecular formula is C17H17N3O3S. The van der Waals surface area contributed by atoms with E-state index in [0.29, 0.717) is 5.69 Å². The number of aromatic nitrogens is 2. The molecule has 1 amide bonds. The van der Waals surface area contributed by atoms with Gasteiger partial charge < -0.3 is 9.72 Å². The number of hydrogen-bond donors (Lipinski definition) is 1. The zero-order valence-corrected chi connectivity index (χ0v) is 14.2. The van der Waals surface area contributed by atoms with Crippen LogP contribution >= 0.6 is 0 Å². The molecule has 0 bridgehead atoms. The smallest absolute Gasteiger partial charge is 0.230 e. The molecule has 0 aliphatic carbocycles. The first-order valence-corrected chi connectivity index (χ1v) is 9.26. The van der Waals surface area contributed by atoms with E-state index in [-0.39, 0.29) is 22.9 Å². The van der Waals surface area contributed by atoms with Gasteiger partial charge in [-0.1, -0.05) is 18.2 Å². The van der Waals surface area contributed by atoms with Gasteiger partial charge in [0.1, 0.15) is 5.65 Å². The highest BCUT2D eigenvalue weighted by Crippen LogP contribution is 2.21. The number of sulfone groups is 1. The van der Waals surface area contributed by atoms with E-state index in [9.17, 15) is 13.2 Å². The van der Waals surface area contributed by atoms with Crippen LogP contribution in [-0.4, -0.2) is 30.0 Å². The van der Waals surface area contributed by atoms with Crippen LogP contribution in [0.3, 0.4) is 0 Å². The Bertz CT molecular complexity index is 1020. The van der Waals surface area contributed by atoms with Crippen LogP contribution in [0.1, 0.15) is 11.3 Å². The lowest BCUT2D eigenvalue weighted by atomic mass is 10.3. The number of aryl methyl sites for hydroxylation is 1. The number of nitrogens with zero attached hydrogens (tertiary/aromatic N) is 2. The van der Waals surface area contributed by atoms with Gasteiger partial charge in [0.05, 0.1) is 22.7 Å². The summed E-state index contributed by atoms with van der Waals surface area (Å²) in [4.78, 5) is 16.8. The number of para-hydroxylation sites is 1. The molecule has 7 heteroatoms. The van der Waals surface area contributed by atoms with Crippen molar-refractivity contribution >= 4 is 27.1 Å². The van der Waals surface area contributed by atoms with Crippen LogP contribution in [0.5, 0.6) is 0 Å². The van der Waals surface area contributed by atoms with E-state index in [4.69, 9.17) is 0 Å². The van der Waals surface area contributed by atoms with Crippen molar-refractivity contribution in [3.63, 3.8) is 0 Å². The molecule has 0 unspecified atom stereocenters. The van der Waals surface area contributed by atoms with Gasteiger partial charge in [-0.2, -0.15) is 0 Å². The third-order valence-electron chi connectivity index (χ3n) is 3.63. The zero-order chi connectivity index (χ0) is 17.3. The van der Waals surface area contributed by atoms with Gasteiger partial charge in [-0.25, -0.2) is 13.4 Å². The standard InChI is InChI=1S/C17H17N3O3S/c1-12-6-5-9-20-11-13(18-17(12)20)10-16(21)19-14-7-3-4-8-15(14)24(2,22)23/h3-9,11H,10H2,1-2H3,(H,19,21). The topological polar surface area (TPSA) is 80.5 Å². The molecule has 0 saturated heterocycles. The molecule has 0 fully saturated rings. The summed E-state index contributed by atoms with van der Waals surface area (Å²) in [6.07, 6.45) is 4.85. The van der Waals surface area contributed by atoms with Crippen molar-refractivity contribution in [2.45, 2.75) is 18.2 Å². The van der Waals surface area contributed by atoms with Crippen LogP contribution in [0.4, 0.5) is 5.69 Å². The van der Waals surface area contributed by atoms with E-state index in [2.05, 4.69) is 10.3 Å². The number of pyridine rings is 1. The molecule has 0 saturated carbocycles. The summed E-state index contributed by atoms with van der Waals surface area (Å²) >= 11 is 0. The van der Waals surface area contributed by atoms with E-state index >= 15 is 0 Å². The molecule has 2 aromatic heterocycles. The first-order chi connectivity index (χ1) is 11.3. The van der Waals surface area contributed by atoms with Crippen LogP contribution in [-0.2, 0) is 21.1 Å². The monoisotopic (exact) mass is 343 g/mol. The lowest BCUT2D eigenvalue weighted by molar-refractivity contribution is -0.115. The van der Waals surface area contributed by atoms with Gasteiger partial charge in [0, 0.05) is 18.6 Å². The van der Waals surface area contributed by atoms with Crippen molar-refractivity contribution in [3.05, 3.63) is 60.0 Å². The molecule has 0 radical (unpaired) electrons. The average Bonchev–Trinajstić information content (AvgIpc) is 2.90. The highest BCUT2D eigenvalue weighted by molar-refractivity contribution is 7.90. The molecule has 24 heavy (non-hydrogen) atoms. The number of nitrogens with one attached hydrogen (secondary N) is 1. The summed E-state index contributed by atoms with van der Waals surface area (Å²) in [5.41, 5.74) is 2.73. The minimum Gasteiger partial charge on any atom is -0.325 e. The highest BCUT2D eigenvalue weighted by Gasteiger charge is 2.15. The molecule has 6 nitrogen and oxygen atoms in total. The highest BCUT2D eigenvalue weighted by atomic mass is 32.2. The Morgan fingerprint density at radius 3 is 2.67 bits per heavy atom. The number of anilines is 1. The van der Waals surface area contributed by atoms with Gasteiger partial charge in [0.15, 0.2) is 9.84 Å². The van der Waals surface area contributed by atoms with Gasteiger partial charge >= 0.3 is 0 Å². The molecule has 0 spiro atoms. The van der Waals surface area contributed by atoms with E-state index in [1.165, 1.54) is 6.07 Å². The normalized spacial score (nSPS) is 11.6. The van der Waals surface area contributed by atoms with Gasteiger partial charge in [-0.15, -0.1) is 0 Å². The molecular weight excluding hydrogens is 326 g/mol. The van der Waals surface area contributed by atoms with Crippen molar-refractivity contribution in [2.24, 2.45) is 0 Å². The first kappa shape index (κ1) is 16.2. The molecule has 3 aromatic rings. The second kappa shape index (κ2) is 6.09. The molecule has 124 valence electrons. The molecule has 0 aliphatic heterocycles. The summed E-state index contributed by atoms with van der Waals surface area (Å²) in [7, 11) is -3.41. The van der Waals surface area contributed by atoms with Crippen molar-refractivity contribution in [1.29, 1.82) is 0 Å². The molecule has 3 rings (SSSR count). The predicted molar refractivity (Wildman–Crippen MR) is 91.8 cm³/mol. The van der Waals surface area contributed by atoms with E-state index in [1.54, 1.807) is 24.4 Å². The van der Waals surface area contributed by atoms with E-state index < -0.39 is 9.84 Å². The van der Waals surface area contributed by atoms with Gasteiger partial charge in [-0.05, 0) is 30.7 Å². The predicted octanol–water partition coefficient (Wildman–Crippen LogP) is 2.23. The van der Waals surface area contributed by atoms with Crippen LogP contribution in [0.2, 0.25) is 0 Å². The van der Waals surface area contributed by atoms with Crippen molar-refractivity contribution in [1.82, 2.24) is 9.38 Å². The van der Waals surface area contributed by atoms with Crippen LogP contribution in [0, 0.1) is 6.92 Å². The fraction of sp³-hybridized carbons (Fsp3) is 0.176. The Kier molecular flexibility index (Phi) is 4.11. The van der Waals surface area contributed by atoms with Crippen molar-refractivity contribution in [2.75, 3.05) is 11.6 Å².